The number of hydrogen-bond donors (Lipinski definition) is 1. The Morgan fingerprint density at radius 3 is 2.36 bits per heavy atom. The minimum atomic E-state index is -0.135. The van der Waals surface area contributed by atoms with Gasteiger partial charge in [-0.1, -0.05) is 18.2 Å². The number of nitrogens with one attached hydrogen (secondary N) is 1. The van der Waals surface area contributed by atoms with Gasteiger partial charge >= 0.3 is 0 Å². The van der Waals surface area contributed by atoms with Crippen molar-refractivity contribution in [2.24, 2.45) is 0 Å². The number of amides is 1. The first-order chi connectivity index (χ1) is 10.7. The van der Waals surface area contributed by atoms with Crippen molar-refractivity contribution < 1.29 is 14.3 Å². The number of benzene rings is 2. The van der Waals surface area contributed by atoms with Crippen molar-refractivity contribution in [2.75, 3.05) is 18.5 Å². The van der Waals surface area contributed by atoms with Crippen LogP contribution in [0.3, 0.4) is 0 Å². The molecular weight excluding hydrogens is 278 g/mol. The molecule has 0 aromatic heterocycles. The number of rotatable bonds is 6. The van der Waals surface area contributed by atoms with Gasteiger partial charge in [0.25, 0.3) is 5.91 Å². The van der Waals surface area contributed by atoms with Crippen molar-refractivity contribution in [3.8, 4) is 11.5 Å². The predicted octanol–water partition coefficient (Wildman–Crippen LogP) is 4.04. The van der Waals surface area contributed by atoms with E-state index in [9.17, 15) is 4.79 Å². The fourth-order valence-corrected chi connectivity index (χ4v) is 2.15. The summed E-state index contributed by atoms with van der Waals surface area (Å²) in [7, 11) is 0. The molecule has 0 radical (unpaired) electrons. The van der Waals surface area contributed by atoms with Gasteiger partial charge in [-0.05, 0) is 44.5 Å². The summed E-state index contributed by atoms with van der Waals surface area (Å²) in [5.41, 5.74) is 2.28. The first-order valence-corrected chi connectivity index (χ1v) is 7.42. The van der Waals surface area contributed by atoms with E-state index < -0.39 is 0 Å². The minimum Gasteiger partial charge on any atom is -0.490 e. The van der Waals surface area contributed by atoms with Crippen molar-refractivity contribution in [1.29, 1.82) is 0 Å². The first-order valence-electron chi connectivity index (χ1n) is 7.42. The third-order valence-electron chi connectivity index (χ3n) is 3.19. The third kappa shape index (κ3) is 3.79. The lowest BCUT2D eigenvalue weighted by Crippen LogP contribution is -2.13. The second kappa shape index (κ2) is 7.50. The zero-order valence-electron chi connectivity index (χ0n) is 13.2. The van der Waals surface area contributed by atoms with Gasteiger partial charge < -0.3 is 14.8 Å². The van der Waals surface area contributed by atoms with Crippen molar-refractivity contribution in [1.82, 2.24) is 0 Å². The predicted molar refractivity (Wildman–Crippen MR) is 87.9 cm³/mol. The number of ether oxygens (including phenoxy) is 2. The van der Waals surface area contributed by atoms with Crippen LogP contribution < -0.4 is 14.8 Å². The van der Waals surface area contributed by atoms with Crippen LogP contribution in [0.2, 0.25) is 0 Å². The first kappa shape index (κ1) is 15.9. The van der Waals surface area contributed by atoms with Crippen LogP contribution in [-0.4, -0.2) is 19.1 Å². The van der Waals surface area contributed by atoms with E-state index in [1.807, 2.05) is 57.2 Å². The molecule has 0 heterocycles. The zero-order chi connectivity index (χ0) is 15.9. The molecule has 0 spiro atoms. The molecule has 0 saturated heterocycles. The van der Waals surface area contributed by atoms with E-state index in [4.69, 9.17) is 9.47 Å². The largest absolute Gasteiger partial charge is 0.490 e. The highest BCUT2D eigenvalue weighted by molar-refractivity contribution is 6.05. The third-order valence-corrected chi connectivity index (χ3v) is 3.19. The van der Waals surface area contributed by atoms with E-state index >= 15 is 0 Å². The highest BCUT2D eigenvalue weighted by Gasteiger charge is 2.11. The molecule has 4 nitrogen and oxygen atoms in total. The lowest BCUT2D eigenvalue weighted by atomic mass is 10.1. The van der Waals surface area contributed by atoms with Crippen LogP contribution in [0, 0.1) is 6.92 Å². The number of aryl methyl sites for hydroxylation is 1. The quantitative estimate of drug-likeness (QED) is 0.875. The van der Waals surface area contributed by atoms with Gasteiger partial charge in [0, 0.05) is 17.3 Å². The van der Waals surface area contributed by atoms with E-state index in [2.05, 4.69) is 5.32 Å². The smallest absolute Gasteiger partial charge is 0.255 e. The summed E-state index contributed by atoms with van der Waals surface area (Å²) in [6.07, 6.45) is 0. The van der Waals surface area contributed by atoms with Gasteiger partial charge in [-0.25, -0.2) is 0 Å². The van der Waals surface area contributed by atoms with Gasteiger partial charge in [-0.15, -0.1) is 0 Å². The SMILES string of the molecule is CCOc1ccc(NC(=O)c2ccccc2C)cc1OCC. The monoisotopic (exact) mass is 299 g/mol. The zero-order valence-corrected chi connectivity index (χ0v) is 13.2. The van der Waals surface area contributed by atoms with Crippen LogP contribution >= 0.6 is 0 Å². The van der Waals surface area contributed by atoms with Crippen LogP contribution in [-0.2, 0) is 0 Å². The lowest BCUT2D eigenvalue weighted by molar-refractivity contribution is 0.102. The molecule has 0 fully saturated rings. The molecule has 0 bridgehead atoms. The lowest BCUT2D eigenvalue weighted by Gasteiger charge is -2.13. The Hall–Kier alpha value is -2.49. The second-order valence-corrected chi connectivity index (χ2v) is 4.80. The summed E-state index contributed by atoms with van der Waals surface area (Å²) in [6, 6.07) is 12.9. The molecule has 2 aromatic carbocycles. The molecule has 0 aliphatic carbocycles. The van der Waals surface area contributed by atoms with Crippen molar-refractivity contribution in [3.63, 3.8) is 0 Å². The molecule has 0 unspecified atom stereocenters. The molecule has 2 aromatic rings. The van der Waals surface area contributed by atoms with Crippen LogP contribution in [0.4, 0.5) is 5.69 Å². The summed E-state index contributed by atoms with van der Waals surface area (Å²) < 4.78 is 11.1. The molecule has 2 rings (SSSR count). The second-order valence-electron chi connectivity index (χ2n) is 4.80. The highest BCUT2D eigenvalue weighted by Crippen LogP contribution is 2.30. The highest BCUT2D eigenvalue weighted by atomic mass is 16.5. The fourth-order valence-electron chi connectivity index (χ4n) is 2.15. The molecule has 116 valence electrons. The van der Waals surface area contributed by atoms with Crippen LogP contribution in [0.1, 0.15) is 29.8 Å². The molecule has 0 aliphatic rings. The molecular formula is C18H21NO3. The normalized spacial score (nSPS) is 10.1. The Kier molecular flexibility index (Phi) is 5.42. The molecule has 0 atom stereocenters. The summed E-state index contributed by atoms with van der Waals surface area (Å²) in [5, 5.41) is 2.89. The molecule has 4 heteroatoms. The van der Waals surface area contributed by atoms with E-state index in [1.165, 1.54) is 0 Å². The standard InChI is InChI=1S/C18H21NO3/c1-4-21-16-11-10-14(12-17(16)22-5-2)19-18(20)15-9-7-6-8-13(15)3/h6-12H,4-5H2,1-3H3,(H,19,20). The number of hydrogen-bond acceptors (Lipinski definition) is 3. The Bertz CT molecular complexity index is 653. The Labute approximate surface area is 131 Å². The van der Waals surface area contributed by atoms with Gasteiger partial charge in [0.15, 0.2) is 11.5 Å². The van der Waals surface area contributed by atoms with Gasteiger partial charge in [0.2, 0.25) is 0 Å². The topological polar surface area (TPSA) is 47.6 Å². The minimum absolute atomic E-state index is 0.135. The molecule has 1 amide bonds. The number of anilines is 1. The number of carbonyl (C=O) groups is 1. The van der Waals surface area contributed by atoms with Crippen LogP contribution in [0.5, 0.6) is 11.5 Å². The van der Waals surface area contributed by atoms with Gasteiger partial charge in [0.05, 0.1) is 13.2 Å². The average molecular weight is 299 g/mol. The molecule has 0 aliphatic heterocycles. The maximum atomic E-state index is 12.3. The van der Waals surface area contributed by atoms with Crippen molar-refractivity contribution >= 4 is 11.6 Å². The van der Waals surface area contributed by atoms with Crippen LogP contribution in [0.25, 0.3) is 0 Å². The number of carbonyl (C=O) groups excluding carboxylic acids is 1. The van der Waals surface area contributed by atoms with Crippen molar-refractivity contribution in [2.45, 2.75) is 20.8 Å². The molecule has 0 saturated carbocycles. The van der Waals surface area contributed by atoms with Gasteiger partial charge in [-0.2, -0.15) is 0 Å². The molecule has 22 heavy (non-hydrogen) atoms. The average Bonchev–Trinajstić information content (AvgIpc) is 2.50. The van der Waals surface area contributed by atoms with E-state index in [-0.39, 0.29) is 5.91 Å². The van der Waals surface area contributed by atoms with Crippen LogP contribution in [0.15, 0.2) is 42.5 Å². The van der Waals surface area contributed by atoms with E-state index in [0.717, 1.165) is 5.56 Å². The summed E-state index contributed by atoms with van der Waals surface area (Å²) in [6.45, 7) is 6.85. The van der Waals surface area contributed by atoms with E-state index in [1.54, 1.807) is 6.07 Å². The maximum Gasteiger partial charge on any atom is 0.255 e. The summed E-state index contributed by atoms with van der Waals surface area (Å²) >= 11 is 0. The maximum absolute atomic E-state index is 12.3. The van der Waals surface area contributed by atoms with Gasteiger partial charge in [0.1, 0.15) is 0 Å². The summed E-state index contributed by atoms with van der Waals surface area (Å²) in [4.78, 5) is 12.3. The van der Waals surface area contributed by atoms with Crippen molar-refractivity contribution in [3.05, 3.63) is 53.6 Å². The fraction of sp³-hybridized carbons (Fsp3) is 0.278. The summed E-state index contributed by atoms with van der Waals surface area (Å²) in [5.74, 6) is 1.18. The van der Waals surface area contributed by atoms with E-state index in [0.29, 0.717) is 36.0 Å². The molecule has 1 N–H and O–H groups in total. The Balaban J connectivity index is 2.21. The van der Waals surface area contributed by atoms with Gasteiger partial charge in [-0.3, -0.25) is 4.79 Å². The Morgan fingerprint density at radius 1 is 1.00 bits per heavy atom. The Morgan fingerprint density at radius 2 is 1.68 bits per heavy atom.